The Morgan fingerprint density at radius 2 is 1.81 bits per heavy atom. The van der Waals surface area contributed by atoms with Gasteiger partial charge in [-0.05, 0) is 43.3 Å². The summed E-state index contributed by atoms with van der Waals surface area (Å²) in [5.41, 5.74) is 0.636. The number of rotatable bonds is 6. The minimum Gasteiger partial charge on any atom is -0.495 e. The minimum absolute atomic E-state index is 0.292. The van der Waals surface area contributed by atoms with E-state index < -0.39 is 22.0 Å². The molecule has 9 heteroatoms. The number of halogens is 2. The number of ether oxygens (including phenoxy) is 1. The monoisotopic (exact) mass is 416 g/mol. The van der Waals surface area contributed by atoms with Crippen molar-refractivity contribution < 1.29 is 17.9 Å². The quantitative estimate of drug-likeness (QED) is 0.776. The van der Waals surface area contributed by atoms with Crippen molar-refractivity contribution in [2.45, 2.75) is 13.0 Å². The highest BCUT2D eigenvalue weighted by molar-refractivity contribution is 7.92. The van der Waals surface area contributed by atoms with Gasteiger partial charge in [0, 0.05) is 10.0 Å². The Hall–Kier alpha value is -1.96. The fraction of sp³-hybridized carbons (Fsp3) is 0.235. The van der Waals surface area contributed by atoms with Crippen molar-refractivity contribution in [1.82, 2.24) is 0 Å². The maximum absolute atomic E-state index is 12.7. The summed E-state index contributed by atoms with van der Waals surface area (Å²) in [6.45, 7) is 1.48. The fourth-order valence-electron chi connectivity index (χ4n) is 2.44. The van der Waals surface area contributed by atoms with E-state index in [2.05, 4.69) is 5.32 Å². The molecule has 0 heterocycles. The van der Waals surface area contributed by atoms with Crippen molar-refractivity contribution in [3.05, 3.63) is 52.5 Å². The van der Waals surface area contributed by atoms with Crippen LogP contribution in [0.25, 0.3) is 0 Å². The molecule has 0 radical (unpaired) electrons. The van der Waals surface area contributed by atoms with Gasteiger partial charge in [-0.1, -0.05) is 29.3 Å². The Morgan fingerprint density at radius 1 is 1.15 bits per heavy atom. The number of benzene rings is 2. The van der Waals surface area contributed by atoms with E-state index in [0.29, 0.717) is 27.2 Å². The largest absolute Gasteiger partial charge is 0.495 e. The summed E-state index contributed by atoms with van der Waals surface area (Å²) in [4.78, 5) is 12.7. The number of carbonyl (C=O) groups is 1. The number of nitrogens with zero attached hydrogens (tertiary/aromatic N) is 1. The van der Waals surface area contributed by atoms with Crippen molar-refractivity contribution in [2.24, 2.45) is 0 Å². The number of anilines is 2. The SMILES string of the molecule is COc1ccc(Cl)cc1NC(=O)C(C)N(c1cccc(Cl)c1)S(C)(=O)=O. The van der Waals surface area contributed by atoms with Crippen LogP contribution in [0, 0.1) is 0 Å². The van der Waals surface area contributed by atoms with E-state index in [9.17, 15) is 13.2 Å². The first kappa shape index (κ1) is 20.4. The molecule has 0 aromatic heterocycles. The second-order valence-electron chi connectivity index (χ2n) is 5.55. The molecule has 6 nitrogen and oxygen atoms in total. The van der Waals surface area contributed by atoms with Gasteiger partial charge in [0.2, 0.25) is 15.9 Å². The first-order valence-corrected chi connectivity index (χ1v) is 10.1. The molecule has 2 aromatic carbocycles. The summed E-state index contributed by atoms with van der Waals surface area (Å²) in [5.74, 6) is -0.139. The maximum atomic E-state index is 12.7. The molecule has 140 valence electrons. The zero-order valence-electron chi connectivity index (χ0n) is 14.4. The Labute approximate surface area is 162 Å². The minimum atomic E-state index is -3.74. The first-order chi connectivity index (χ1) is 12.1. The highest BCUT2D eigenvalue weighted by Crippen LogP contribution is 2.29. The lowest BCUT2D eigenvalue weighted by Crippen LogP contribution is -2.45. The lowest BCUT2D eigenvalue weighted by molar-refractivity contribution is -0.116. The van der Waals surface area contributed by atoms with Gasteiger partial charge in [0.25, 0.3) is 0 Å². The van der Waals surface area contributed by atoms with E-state index in [1.54, 1.807) is 30.3 Å². The van der Waals surface area contributed by atoms with Gasteiger partial charge >= 0.3 is 0 Å². The molecule has 0 bridgehead atoms. The number of sulfonamides is 1. The van der Waals surface area contributed by atoms with Crippen LogP contribution in [0.15, 0.2) is 42.5 Å². The molecule has 2 aromatic rings. The zero-order chi connectivity index (χ0) is 19.5. The fourth-order valence-corrected chi connectivity index (χ4v) is 3.96. The van der Waals surface area contributed by atoms with Gasteiger partial charge in [0.05, 0.1) is 24.7 Å². The Balaban J connectivity index is 2.36. The predicted octanol–water partition coefficient (Wildman–Crippen LogP) is 3.80. The third-order valence-corrected chi connectivity index (χ3v) is 5.28. The zero-order valence-corrected chi connectivity index (χ0v) is 16.7. The third-order valence-electron chi connectivity index (χ3n) is 3.57. The number of hydrogen-bond acceptors (Lipinski definition) is 4. The highest BCUT2D eigenvalue weighted by Gasteiger charge is 2.29. The van der Waals surface area contributed by atoms with E-state index in [4.69, 9.17) is 27.9 Å². The van der Waals surface area contributed by atoms with E-state index >= 15 is 0 Å². The molecule has 0 saturated heterocycles. The Morgan fingerprint density at radius 3 is 2.38 bits per heavy atom. The number of carbonyl (C=O) groups excluding carboxylic acids is 1. The molecular formula is C17H18Cl2N2O4S. The average molecular weight is 417 g/mol. The standard InChI is InChI=1S/C17H18Cl2N2O4S/c1-11(17(22)20-15-10-13(19)7-8-16(15)25-2)21(26(3,23)24)14-6-4-5-12(18)9-14/h4-11H,1-3H3,(H,20,22). The van der Waals surface area contributed by atoms with Gasteiger partial charge in [-0.25, -0.2) is 8.42 Å². The molecule has 0 spiro atoms. The van der Waals surface area contributed by atoms with Crippen LogP contribution in [0.3, 0.4) is 0 Å². The van der Waals surface area contributed by atoms with Gasteiger partial charge in [-0.3, -0.25) is 9.10 Å². The second-order valence-corrected chi connectivity index (χ2v) is 8.28. The van der Waals surface area contributed by atoms with Crippen LogP contribution in [0.2, 0.25) is 10.0 Å². The molecule has 0 aliphatic heterocycles. The summed E-state index contributed by atoms with van der Waals surface area (Å²) in [6.07, 6.45) is 1.03. The molecule has 1 amide bonds. The first-order valence-electron chi connectivity index (χ1n) is 7.53. The Bertz CT molecular complexity index is 919. The topological polar surface area (TPSA) is 75.7 Å². The molecule has 1 unspecified atom stereocenters. The van der Waals surface area contributed by atoms with E-state index in [-0.39, 0.29) is 0 Å². The molecule has 1 atom stereocenters. The average Bonchev–Trinajstić information content (AvgIpc) is 2.54. The summed E-state index contributed by atoms with van der Waals surface area (Å²) in [7, 11) is -2.28. The maximum Gasteiger partial charge on any atom is 0.248 e. The highest BCUT2D eigenvalue weighted by atomic mass is 35.5. The van der Waals surface area contributed by atoms with Crippen molar-refractivity contribution in [1.29, 1.82) is 0 Å². The lowest BCUT2D eigenvalue weighted by atomic mass is 10.2. The molecule has 0 aliphatic rings. The van der Waals surface area contributed by atoms with Gasteiger partial charge in [0.15, 0.2) is 0 Å². The number of hydrogen-bond donors (Lipinski definition) is 1. The summed E-state index contributed by atoms with van der Waals surface area (Å²) < 4.78 is 30.7. The number of nitrogens with one attached hydrogen (secondary N) is 1. The summed E-state index contributed by atoms with van der Waals surface area (Å²) >= 11 is 11.9. The van der Waals surface area contributed by atoms with Crippen LogP contribution < -0.4 is 14.4 Å². The van der Waals surface area contributed by atoms with Crippen LogP contribution in [-0.4, -0.2) is 33.7 Å². The Kier molecular flexibility index (Phi) is 6.39. The molecule has 0 aliphatic carbocycles. The van der Waals surface area contributed by atoms with Crippen LogP contribution in [0.4, 0.5) is 11.4 Å². The van der Waals surface area contributed by atoms with Crippen LogP contribution >= 0.6 is 23.2 Å². The molecule has 2 rings (SSSR count). The third kappa shape index (κ3) is 4.81. The smallest absolute Gasteiger partial charge is 0.248 e. The van der Waals surface area contributed by atoms with Gasteiger partial charge < -0.3 is 10.1 Å². The molecule has 0 saturated carbocycles. The van der Waals surface area contributed by atoms with E-state index in [0.717, 1.165) is 10.6 Å². The summed E-state index contributed by atoms with van der Waals surface area (Å²) in [5, 5.41) is 3.42. The van der Waals surface area contributed by atoms with Crippen molar-refractivity contribution in [3.63, 3.8) is 0 Å². The van der Waals surface area contributed by atoms with Gasteiger partial charge in [-0.15, -0.1) is 0 Å². The van der Waals surface area contributed by atoms with Crippen molar-refractivity contribution in [2.75, 3.05) is 23.0 Å². The molecule has 26 heavy (non-hydrogen) atoms. The number of methoxy groups -OCH3 is 1. The van der Waals surface area contributed by atoms with Crippen molar-refractivity contribution in [3.8, 4) is 5.75 Å². The van der Waals surface area contributed by atoms with E-state index in [1.165, 1.54) is 26.2 Å². The predicted molar refractivity (Wildman–Crippen MR) is 105 cm³/mol. The van der Waals surface area contributed by atoms with Crippen LogP contribution in [0.5, 0.6) is 5.75 Å². The normalized spacial score (nSPS) is 12.3. The van der Waals surface area contributed by atoms with E-state index in [1.807, 2.05) is 0 Å². The summed E-state index contributed by atoms with van der Waals surface area (Å²) in [6, 6.07) is 9.99. The lowest BCUT2D eigenvalue weighted by Gasteiger charge is -2.28. The van der Waals surface area contributed by atoms with Gasteiger partial charge in [0.1, 0.15) is 11.8 Å². The number of amides is 1. The second kappa shape index (κ2) is 8.16. The van der Waals surface area contributed by atoms with Gasteiger partial charge in [-0.2, -0.15) is 0 Å². The molecule has 1 N–H and O–H groups in total. The van der Waals surface area contributed by atoms with Crippen LogP contribution in [-0.2, 0) is 14.8 Å². The van der Waals surface area contributed by atoms with Crippen molar-refractivity contribution >= 4 is 50.5 Å². The van der Waals surface area contributed by atoms with Crippen LogP contribution in [0.1, 0.15) is 6.92 Å². The molecule has 0 fully saturated rings. The molecular weight excluding hydrogens is 399 g/mol.